The van der Waals surface area contributed by atoms with Crippen molar-refractivity contribution in [2.75, 3.05) is 25.0 Å². The number of sulfonamides is 1. The van der Waals surface area contributed by atoms with Gasteiger partial charge in [-0.15, -0.1) is 0 Å². The highest BCUT2D eigenvalue weighted by molar-refractivity contribution is 7.92. The molecule has 1 amide bonds. The Hall–Kier alpha value is -2.16. The van der Waals surface area contributed by atoms with Crippen LogP contribution in [-0.4, -0.2) is 34.6 Å². The first kappa shape index (κ1) is 20.2. The largest absolute Gasteiger partial charge is 0.385 e. The van der Waals surface area contributed by atoms with Crippen LogP contribution in [0.3, 0.4) is 0 Å². The number of benzene rings is 2. The monoisotopic (exact) mass is 400 g/mol. The summed E-state index contributed by atoms with van der Waals surface area (Å²) in [7, 11) is -2.40. The summed E-state index contributed by atoms with van der Waals surface area (Å²) in [6.07, 6.45) is 0.615. The van der Waals surface area contributed by atoms with Gasteiger partial charge in [0.1, 0.15) is 5.82 Å². The van der Waals surface area contributed by atoms with Crippen LogP contribution in [-0.2, 0) is 14.8 Å². The van der Waals surface area contributed by atoms with Crippen molar-refractivity contribution in [2.45, 2.75) is 11.3 Å². The summed E-state index contributed by atoms with van der Waals surface area (Å²) in [5, 5.41) is 2.78. The van der Waals surface area contributed by atoms with Gasteiger partial charge in [0.25, 0.3) is 15.9 Å². The van der Waals surface area contributed by atoms with Crippen molar-refractivity contribution in [3.8, 4) is 0 Å². The second-order valence-electron chi connectivity index (χ2n) is 5.36. The van der Waals surface area contributed by atoms with Crippen LogP contribution < -0.4 is 10.0 Å². The van der Waals surface area contributed by atoms with Gasteiger partial charge in [0, 0.05) is 25.9 Å². The molecule has 0 bridgehead atoms. The molecule has 2 aromatic rings. The molecular weight excluding hydrogens is 383 g/mol. The van der Waals surface area contributed by atoms with Crippen molar-refractivity contribution in [1.82, 2.24) is 5.32 Å². The zero-order chi connectivity index (χ0) is 19.2. The highest BCUT2D eigenvalue weighted by Gasteiger charge is 2.19. The van der Waals surface area contributed by atoms with E-state index in [0.29, 0.717) is 19.6 Å². The van der Waals surface area contributed by atoms with Gasteiger partial charge in [-0.3, -0.25) is 9.52 Å². The van der Waals surface area contributed by atoms with Crippen molar-refractivity contribution in [3.63, 3.8) is 0 Å². The van der Waals surface area contributed by atoms with E-state index in [2.05, 4.69) is 10.0 Å². The van der Waals surface area contributed by atoms with E-state index in [4.69, 9.17) is 16.3 Å². The molecule has 0 heterocycles. The quantitative estimate of drug-likeness (QED) is 0.667. The number of carbonyl (C=O) groups excluding carboxylic acids is 1. The molecule has 0 spiro atoms. The number of rotatable bonds is 8. The van der Waals surface area contributed by atoms with E-state index in [1.54, 1.807) is 7.11 Å². The van der Waals surface area contributed by atoms with Crippen LogP contribution in [0.2, 0.25) is 5.02 Å². The Balaban J connectivity index is 2.18. The molecule has 2 N–H and O–H groups in total. The fourth-order valence-corrected chi connectivity index (χ4v) is 3.38. The molecular formula is C17H18ClFN2O4S. The minimum Gasteiger partial charge on any atom is -0.385 e. The third-order valence-corrected chi connectivity index (χ3v) is 5.11. The Labute approximate surface area is 156 Å². The van der Waals surface area contributed by atoms with E-state index in [-0.39, 0.29) is 21.2 Å². The fourth-order valence-electron chi connectivity index (χ4n) is 2.09. The summed E-state index contributed by atoms with van der Waals surface area (Å²) < 4.78 is 45.1. The van der Waals surface area contributed by atoms with Gasteiger partial charge in [-0.2, -0.15) is 0 Å². The van der Waals surface area contributed by atoms with Gasteiger partial charge in [-0.25, -0.2) is 12.8 Å². The highest BCUT2D eigenvalue weighted by Crippen LogP contribution is 2.22. The molecule has 26 heavy (non-hydrogen) atoms. The molecule has 0 aliphatic rings. The third-order valence-electron chi connectivity index (χ3n) is 3.40. The Bertz CT molecular complexity index is 873. The Morgan fingerprint density at radius 1 is 1.19 bits per heavy atom. The summed E-state index contributed by atoms with van der Waals surface area (Å²) in [4.78, 5) is 12.1. The number of amides is 1. The summed E-state index contributed by atoms with van der Waals surface area (Å²) in [6, 6.07) is 8.69. The summed E-state index contributed by atoms with van der Waals surface area (Å²) in [5.74, 6) is -0.961. The molecule has 0 atom stereocenters. The average Bonchev–Trinajstić information content (AvgIpc) is 2.60. The van der Waals surface area contributed by atoms with Crippen molar-refractivity contribution in [3.05, 3.63) is 58.9 Å². The maximum atomic E-state index is 12.9. The maximum absolute atomic E-state index is 12.9. The number of anilines is 1. The molecule has 6 nitrogen and oxygen atoms in total. The molecule has 0 fully saturated rings. The highest BCUT2D eigenvalue weighted by atomic mass is 35.5. The number of halogens is 2. The van der Waals surface area contributed by atoms with E-state index in [1.807, 2.05) is 0 Å². The number of nitrogens with one attached hydrogen (secondary N) is 2. The lowest BCUT2D eigenvalue weighted by Gasteiger charge is -2.11. The molecule has 0 saturated heterocycles. The van der Waals surface area contributed by atoms with Crippen LogP contribution in [0.15, 0.2) is 47.4 Å². The molecule has 2 aromatic carbocycles. The van der Waals surface area contributed by atoms with Crippen molar-refractivity contribution >= 4 is 33.2 Å². The average molecular weight is 401 g/mol. The lowest BCUT2D eigenvalue weighted by atomic mass is 10.2. The van der Waals surface area contributed by atoms with Crippen LogP contribution in [0.25, 0.3) is 0 Å². The van der Waals surface area contributed by atoms with Gasteiger partial charge in [-0.05, 0) is 48.9 Å². The zero-order valence-electron chi connectivity index (χ0n) is 14.0. The van der Waals surface area contributed by atoms with Crippen LogP contribution in [0.4, 0.5) is 10.1 Å². The number of carbonyl (C=O) groups is 1. The van der Waals surface area contributed by atoms with E-state index in [0.717, 1.165) is 12.1 Å². The molecule has 0 radical (unpaired) electrons. The van der Waals surface area contributed by atoms with E-state index in [9.17, 15) is 17.6 Å². The molecule has 0 saturated carbocycles. The maximum Gasteiger partial charge on any atom is 0.261 e. The normalized spacial score (nSPS) is 11.2. The van der Waals surface area contributed by atoms with E-state index in [1.165, 1.54) is 30.3 Å². The van der Waals surface area contributed by atoms with Gasteiger partial charge in [0.05, 0.1) is 15.5 Å². The molecule has 2 rings (SSSR count). The number of methoxy groups -OCH3 is 1. The first-order chi connectivity index (χ1) is 12.3. The van der Waals surface area contributed by atoms with Gasteiger partial charge in [0.15, 0.2) is 0 Å². The second-order valence-corrected chi connectivity index (χ2v) is 7.45. The van der Waals surface area contributed by atoms with Crippen LogP contribution in [0, 0.1) is 5.82 Å². The van der Waals surface area contributed by atoms with E-state index >= 15 is 0 Å². The zero-order valence-corrected chi connectivity index (χ0v) is 15.5. The molecule has 9 heteroatoms. The predicted octanol–water partition coefficient (Wildman–Crippen LogP) is 3.05. The molecule has 0 unspecified atom stereocenters. The van der Waals surface area contributed by atoms with Crippen LogP contribution in [0.5, 0.6) is 0 Å². The topological polar surface area (TPSA) is 84.5 Å². The summed E-state index contributed by atoms with van der Waals surface area (Å²) in [5.41, 5.74) is 0.248. The summed E-state index contributed by atoms with van der Waals surface area (Å²) >= 11 is 6.02. The van der Waals surface area contributed by atoms with Crippen molar-refractivity contribution in [1.29, 1.82) is 0 Å². The number of hydrogen-bond donors (Lipinski definition) is 2. The summed E-state index contributed by atoms with van der Waals surface area (Å²) in [6.45, 7) is 0.859. The smallest absolute Gasteiger partial charge is 0.261 e. The SMILES string of the molecule is COCCCNC(=O)c1cc(S(=O)(=O)Nc2ccc(F)cc2)ccc1Cl. The minimum atomic E-state index is -3.96. The molecule has 0 aliphatic heterocycles. The van der Waals surface area contributed by atoms with Gasteiger partial charge < -0.3 is 10.1 Å². The molecule has 0 aliphatic carbocycles. The lowest BCUT2D eigenvalue weighted by molar-refractivity contribution is 0.0948. The Morgan fingerprint density at radius 3 is 2.54 bits per heavy atom. The second kappa shape index (κ2) is 8.98. The fraction of sp³-hybridized carbons (Fsp3) is 0.235. The van der Waals surface area contributed by atoms with Gasteiger partial charge in [-0.1, -0.05) is 11.6 Å². The van der Waals surface area contributed by atoms with Gasteiger partial charge >= 0.3 is 0 Å². The van der Waals surface area contributed by atoms with Crippen molar-refractivity contribution < 1.29 is 22.3 Å². The first-order valence-electron chi connectivity index (χ1n) is 7.68. The number of ether oxygens (including phenoxy) is 1. The van der Waals surface area contributed by atoms with Crippen LogP contribution in [0.1, 0.15) is 16.8 Å². The minimum absolute atomic E-state index is 0.0473. The van der Waals surface area contributed by atoms with Crippen molar-refractivity contribution in [2.24, 2.45) is 0 Å². The Morgan fingerprint density at radius 2 is 1.88 bits per heavy atom. The van der Waals surface area contributed by atoms with Gasteiger partial charge in [0.2, 0.25) is 0 Å². The predicted molar refractivity (Wildman–Crippen MR) is 97.5 cm³/mol. The van der Waals surface area contributed by atoms with E-state index < -0.39 is 21.7 Å². The third kappa shape index (κ3) is 5.42. The molecule has 0 aromatic heterocycles. The number of hydrogen-bond acceptors (Lipinski definition) is 4. The standard InChI is InChI=1S/C17H18ClFN2O4S/c1-25-10-2-9-20-17(22)15-11-14(7-8-16(15)18)26(23,24)21-13-5-3-12(19)4-6-13/h3-8,11,21H,2,9-10H2,1H3,(H,20,22). The lowest BCUT2D eigenvalue weighted by Crippen LogP contribution is -2.26. The van der Waals surface area contributed by atoms with Crippen LogP contribution >= 0.6 is 11.6 Å². The molecule has 140 valence electrons. The Kier molecular flexibility index (Phi) is 6.96. The first-order valence-corrected chi connectivity index (χ1v) is 9.54.